The van der Waals surface area contributed by atoms with Crippen LogP contribution in [0.15, 0.2) is 48.8 Å². The summed E-state index contributed by atoms with van der Waals surface area (Å²) in [5.74, 6) is -0.305. The minimum Gasteiger partial charge on any atom is -0.376 e. The first-order chi connectivity index (χ1) is 13.7. The van der Waals surface area contributed by atoms with Gasteiger partial charge in [0.2, 0.25) is 0 Å². The number of ether oxygens (including phenoxy) is 2. The van der Waals surface area contributed by atoms with E-state index in [0.717, 1.165) is 16.8 Å². The van der Waals surface area contributed by atoms with Crippen LogP contribution in [0.3, 0.4) is 0 Å². The number of nitrogens with zero attached hydrogens (tertiary/aromatic N) is 4. The molecule has 4 rings (SSSR count). The third-order valence-corrected chi connectivity index (χ3v) is 4.56. The Morgan fingerprint density at radius 1 is 1.21 bits per heavy atom. The minimum atomic E-state index is -0.305. The van der Waals surface area contributed by atoms with Gasteiger partial charge in [0.25, 0.3) is 5.91 Å². The third kappa shape index (κ3) is 3.78. The average Bonchev–Trinajstić information content (AvgIpc) is 3.19. The maximum Gasteiger partial charge on any atom is 0.274 e. The van der Waals surface area contributed by atoms with Crippen molar-refractivity contribution in [2.24, 2.45) is 0 Å². The van der Waals surface area contributed by atoms with Crippen molar-refractivity contribution in [1.29, 1.82) is 0 Å². The molecule has 1 fully saturated rings. The molecule has 1 aliphatic rings. The van der Waals surface area contributed by atoms with Gasteiger partial charge in [-0.05, 0) is 30.7 Å². The van der Waals surface area contributed by atoms with Crippen LogP contribution in [0.25, 0.3) is 16.9 Å². The topological polar surface area (TPSA) is 91.2 Å². The van der Waals surface area contributed by atoms with E-state index >= 15 is 0 Å². The van der Waals surface area contributed by atoms with E-state index < -0.39 is 0 Å². The van der Waals surface area contributed by atoms with E-state index in [2.05, 4.69) is 20.6 Å². The first kappa shape index (κ1) is 18.3. The SMILES string of the molecule is Cc1ccccc1-n1nnc(C(=O)NCC2COCCO2)c1-c1ccncc1. The predicted molar refractivity (Wildman–Crippen MR) is 102 cm³/mol. The second kappa shape index (κ2) is 8.28. The molecule has 1 atom stereocenters. The molecule has 1 aromatic carbocycles. The molecular weight excluding hydrogens is 358 g/mol. The van der Waals surface area contributed by atoms with Gasteiger partial charge in [0.15, 0.2) is 5.69 Å². The molecule has 1 aliphatic heterocycles. The summed E-state index contributed by atoms with van der Waals surface area (Å²) in [6.45, 7) is 3.93. The molecule has 8 heteroatoms. The number of amides is 1. The predicted octanol–water partition coefficient (Wildman–Crippen LogP) is 1.78. The number of carbonyl (C=O) groups excluding carboxylic acids is 1. The molecule has 1 amide bonds. The number of benzene rings is 1. The summed E-state index contributed by atoms with van der Waals surface area (Å²) in [5.41, 5.74) is 3.58. The smallest absolute Gasteiger partial charge is 0.274 e. The molecule has 1 unspecified atom stereocenters. The van der Waals surface area contributed by atoms with Gasteiger partial charge in [-0.3, -0.25) is 9.78 Å². The highest BCUT2D eigenvalue weighted by atomic mass is 16.6. The van der Waals surface area contributed by atoms with Crippen molar-refractivity contribution in [2.45, 2.75) is 13.0 Å². The lowest BCUT2D eigenvalue weighted by molar-refractivity contribution is -0.0855. The lowest BCUT2D eigenvalue weighted by Crippen LogP contribution is -2.40. The molecular formula is C20H21N5O3. The number of pyridine rings is 1. The summed E-state index contributed by atoms with van der Waals surface area (Å²) in [7, 11) is 0. The molecule has 0 spiro atoms. The van der Waals surface area contributed by atoms with Crippen molar-refractivity contribution in [1.82, 2.24) is 25.3 Å². The lowest BCUT2D eigenvalue weighted by Gasteiger charge is -2.22. The Labute approximate surface area is 162 Å². The minimum absolute atomic E-state index is 0.159. The maximum absolute atomic E-state index is 12.9. The normalized spacial score (nSPS) is 16.7. The molecule has 0 radical (unpaired) electrons. The number of nitrogens with one attached hydrogen (secondary N) is 1. The molecule has 144 valence electrons. The van der Waals surface area contributed by atoms with Gasteiger partial charge in [-0.25, -0.2) is 4.68 Å². The zero-order valence-corrected chi connectivity index (χ0v) is 15.5. The van der Waals surface area contributed by atoms with E-state index in [-0.39, 0.29) is 17.7 Å². The van der Waals surface area contributed by atoms with Crippen LogP contribution in [0, 0.1) is 6.92 Å². The standard InChI is InChI=1S/C20H21N5O3/c1-14-4-2-3-5-17(14)25-19(15-6-8-21-9-7-15)18(23-24-25)20(26)22-12-16-13-27-10-11-28-16/h2-9,16H,10-13H2,1H3,(H,22,26). The van der Waals surface area contributed by atoms with Gasteiger partial charge in [-0.15, -0.1) is 5.10 Å². The van der Waals surface area contributed by atoms with Crippen LogP contribution in [-0.4, -0.2) is 58.4 Å². The van der Waals surface area contributed by atoms with Crippen molar-refractivity contribution in [3.63, 3.8) is 0 Å². The molecule has 0 aliphatic carbocycles. The Morgan fingerprint density at radius 3 is 2.79 bits per heavy atom. The van der Waals surface area contributed by atoms with Gasteiger partial charge in [-0.1, -0.05) is 23.4 Å². The second-order valence-electron chi connectivity index (χ2n) is 6.50. The van der Waals surface area contributed by atoms with Crippen LogP contribution in [-0.2, 0) is 9.47 Å². The highest BCUT2D eigenvalue weighted by Gasteiger charge is 2.24. The monoisotopic (exact) mass is 379 g/mol. The highest BCUT2D eigenvalue weighted by molar-refractivity contribution is 5.98. The Balaban J connectivity index is 1.67. The molecule has 28 heavy (non-hydrogen) atoms. The van der Waals surface area contributed by atoms with Crippen LogP contribution in [0.2, 0.25) is 0 Å². The molecule has 1 N–H and O–H groups in total. The van der Waals surface area contributed by atoms with E-state index in [1.54, 1.807) is 17.1 Å². The number of hydrogen-bond donors (Lipinski definition) is 1. The lowest BCUT2D eigenvalue weighted by atomic mass is 10.1. The van der Waals surface area contributed by atoms with E-state index in [1.165, 1.54) is 0 Å². The van der Waals surface area contributed by atoms with Crippen LogP contribution in [0.4, 0.5) is 0 Å². The maximum atomic E-state index is 12.9. The van der Waals surface area contributed by atoms with Crippen molar-refractivity contribution >= 4 is 5.91 Å². The van der Waals surface area contributed by atoms with Crippen molar-refractivity contribution < 1.29 is 14.3 Å². The summed E-state index contributed by atoms with van der Waals surface area (Å²) >= 11 is 0. The molecule has 1 saturated heterocycles. The van der Waals surface area contributed by atoms with Gasteiger partial charge < -0.3 is 14.8 Å². The number of rotatable bonds is 5. The van der Waals surface area contributed by atoms with Gasteiger partial charge >= 0.3 is 0 Å². The van der Waals surface area contributed by atoms with E-state index in [1.807, 2.05) is 43.3 Å². The van der Waals surface area contributed by atoms with E-state index in [4.69, 9.17) is 9.47 Å². The average molecular weight is 379 g/mol. The van der Waals surface area contributed by atoms with Gasteiger partial charge in [0.1, 0.15) is 5.69 Å². The van der Waals surface area contributed by atoms with Crippen molar-refractivity contribution in [3.05, 3.63) is 60.0 Å². The zero-order chi connectivity index (χ0) is 19.3. The largest absolute Gasteiger partial charge is 0.376 e. The van der Waals surface area contributed by atoms with Gasteiger partial charge in [0.05, 0.1) is 31.6 Å². The van der Waals surface area contributed by atoms with Crippen molar-refractivity contribution in [2.75, 3.05) is 26.4 Å². The molecule has 0 saturated carbocycles. The molecule has 0 bridgehead atoms. The van der Waals surface area contributed by atoms with Crippen LogP contribution >= 0.6 is 0 Å². The zero-order valence-electron chi connectivity index (χ0n) is 15.5. The van der Waals surface area contributed by atoms with E-state index in [0.29, 0.717) is 32.1 Å². The van der Waals surface area contributed by atoms with Crippen LogP contribution in [0.5, 0.6) is 0 Å². The molecule has 3 heterocycles. The van der Waals surface area contributed by atoms with Crippen LogP contribution in [0.1, 0.15) is 16.1 Å². The first-order valence-electron chi connectivity index (χ1n) is 9.13. The highest BCUT2D eigenvalue weighted by Crippen LogP contribution is 2.26. The quantitative estimate of drug-likeness (QED) is 0.727. The molecule has 3 aromatic rings. The molecule has 2 aromatic heterocycles. The number of aryl methyl sites for hydroxylation is 1. The fourth-order valence-electron chi connectivity index (χ4n) is 3.12. The Hall–Kier alpha value is -3.10. The van der Waals surface area contributed by atoms with E-state index in [9.17, 15) is 4.79 Å². The summed E-state index contributed by atoms with van der Waals surface area (Å²) in [5, 5.41) is 11.3. The Morgan fingerprint density at radius 2 is 2.04 bits per heavy atom. The second-order valence-corrected chi connectivity index (χ2v) is 6.50. The molecule has 8 nitrogen and oxygen atoms in total. The Bertz CT molecular complexity index is 951. The fraction of sp³-hybridized carbons (Fsp3) is 0.300. The van der Waals surface area contributed by atoms with Crippen LogP contribution < -0.4 is 5.32 Å². The summed E-state index contributed by atoms with van der Waals surface area (Å²) in [4.78, 5) is 16.9. The number of aromatic nitrogens is 4. The number of carbonyl (C=O) groups is 1. The summed E-state index contributed by atoms with van der Waals surface area (Å²) < 4.78 is 12.6. The number of hydrogen-bond acceptors (Lipinski definition) is 6. The Kier molecular flexibility index (Phi) is 5.41. The van der Waals surface area contributed by atoms with Gasteiger partial charge in [-0.2, -0.15) is 0 Å². The summed E-state index contributed by atoms with van der Waals surface area (Å²) in [6, 6.07) is 11.5. The fourth-order valence-corrected chi connectivity index (χ4v) is 3.12. The van der Waals surface area contributed by atoms with Gasteiger partial charge in [0, 0.05) is 24.5 Å². The number of para-hydroxylation sites is 1. The summed E-state index contributed by atoms with van der Waals surface area (Å²) in [6.07, 6.45) is 3.20. The van der Waals surface area contributed by atoms with Crippen molar-refractivity contribution in [3.8, 4) is 16.9 Å². The third-order valence-electron chi connectivity index (χ3n) is 4.56. The first-order valence-corrected chi connectivity index (χ1v) is 9.13.